The number of nitrogens with zero attached hydrogens (tertiary/aromatic N) is 3. The third kappa shape index (κ3) is 6.67. The van der Waals surface area contributed by atoms with E-state index in [1.807, 2.05) is 13.0 Å². The van der Waals surface area contributed by atoms with E-state index in [0.29, 0.717) is 5.57 Å². The van der Waals surface area contributed by atoms with Gasteiger partial charge in [0.05, 0.1) is 17.4 Å². The summed E-state index contributed by atoms with van der Waals surface area (Å²) in [5.41, 5.74) is 13.2. The second kappa shape index (κ2) is 14.5. The quantitative estimate of drug-likeness (QED) is 0.147. The molecule has 0 N–H and O–H groups in total. The zero-order valence-corrected chi connectivity index (χ0v) is 32.1. The fourth-order valence-corrected chi connectivity index (χ4v) is 8.56. The first-order chi connectivity index (χ1) is 26.3. The second-order valence-corrected chi connectivity index (χ2v) is 15.2. The number of nitriles is 1. The number of hydrogen-bond donors (Lipinski definition) is 0. The van der Waals surface area contributed by atoms with Crippen LogP contribution in [0.2, 0.25) is 0 Å². The molecule has 0 atom stereocenters. The minimum absolute atomic E-state index is 0.687. The van der Waals surface area contributed by atoms with Crippen molar-refractivity contribution in [3.05, 3.63) is 184 Å². The Labute approximate surface area is 322 Å². The molecule has 0 amide bonds. The van der Waals surface area contributed by atoms with Crippen molar-refractivity contribution in [3.8, 4) is 16.5 Å². The molecule has 0 aliphatic rings. The first-order valence-electron chi connectivity index (χ1n) is 18.3. The van der Waals surface area contributed by atoms with E-state index in [-0.39, 0.29) is 0 Å². The van der Waals surface area contributed by atoms with Crippen molar-refractivity contribution in [2.45, 2.75) is 34.6 Å². The van der Waals surface area contributed by atoms with Crippen molar-refractivity contribution in [2.75, 3.05) is 9.80 Å². The molecule has 0 spiro atoms. The molecule has 0 radical (unpaired) electrons. The summed E-state index contributed by atoms with van der Waals surface area (Å²) in [5.74, 6) is 0. The predicted octanol–water partition coefficient (Wildman–Crippen LogP) is 14.8. The van der Waals surface area contributed by atoms with Gasteiger partial charge in [-0.05, 0) is 123 Å². The number of anilines is 6. The highest BCUT2D eigenvalue weighted by atomic mass is 32.1. The molecule has 1 aromatic heterocycles. The maximum Gasteiger partial charge on any atom is 0.0944 e. The number of hydrogen-bond acceptors (Lipinski definition) is 4. The normalized spacial score (nSPS) is 11.5. The maximum atomic E-state index is 9.55. The number of allylic oxidation sites excluding steroid dienone is 1. The van der Waals surface area contributed by atoms with Crippen molar-refractivity contribution in [1.82, 2.24) is 0 Å². The highest BCUT2D eigenvalue weighted by molar-refractivity contribution is 7.16. The molecule has 4 heteroatoms. The lowest BCUT2D eigenvalue weighted by atomic mass is 10.0. The fourth-order valence-electron chi connectivity index (χ4n) is 7.56. The number of aryl methyl sites for hydroxylation is 4. The van der Waals surface area contributed by atoms with Crippen LogP contribution in [0.1, 0.15) is 34.1 Å². The third-order valence-electron chi connectivity index (χ3n) is 10.1. The summed E-state index contributed by atoms with van der Waals surface area (Å²) in [4.78, 5) is 7.05. The molecule has 0 aliphatic heterocycles. The summed E-state index contributed by atoms with van der Waals surface area (Å²) >= 11 is 1.70. The summed E-state index contributed by atoms with van der Waals surface area (Å²) in [6.07, 6.45) is 1.97. The first kappa shape index (κ1) is 34.7. The van der Waals surface area contributed by atoms with E-state index in [1.54, 1.807) is 11.3 Å². The van der Waals surface area contributed by atoms with Crippen LogP contribution < -0.4 is 9.80 Å². The molecule has 262 valence electrons. The summed E-state index contributed by atoms with van der Waals surface area (Å²) in [6, 6.07) is 57.5. The largest absolute Gasteiger partial charge is 0.310 e. The summed E-state index contributed by atoms with van der Waals surface area (Å²) in [7, 11) is 0. The van der Waals surface area contributed by atoms with E-state index in [2.05, 4.69) is 195 Å². The van der Waals surface area contributed by atoms with Crippen molar-refractivity contribution in [1.29, 1.82) is 5.26 Å². The molecule has 7 aromatic carbocycles. The van der Waals surface area contributed by atoms with Gasteiger partial charge in [0.15, 0.2) is 0 Å². The number of thiophene rings is 1. The van der Waals surface area contributed by atoms with Crippen molar-refractivity contribution in [3.63, 3.8) is 0 Å². The van der Waals surface area contributed by atoms with Crippen molar-refractivity contribution in [2.24, 2.45) is 0 Å². The Morgan fingerprint density at radius 2 is 1.04 bits per heavy atom. The number of rotatable bonds is 8. The lowest BCUT2D eigenvalue weighted by Gasteiger charge is -2.32. The predicted molar refractivity (Wildman–Crippen MR) is 232 cm³/mol. The molecule has 54 heavy (non-hydrogen) atoms. The molecule has 3 nitrogen and oxygen atoms in total. The Balaban J connectivity index is 1.46. The Bertz CT molecular complexity index is 2600. The van der Waals surface area contributed by atoms with Crippen LogP contribution in [0.4, 0.5) is 34.1 Å². The smallest absolute Gasteiger partial charge is 0.0944 e. The Kier molecular flexibility index (Phi) is 9.34. The van der Waals surface area contributed by atoms with Crippen molar-refractivity contribution >= 4 is 73.1 Å². The summed E-state index contributed by atoms with van der Waals surface area (Å²) < 4.78 is 0. The standard InChI is InChI=1S/C50H41N3S/c1-33-20-23-46(36(4)26-33)52(48-18-10-14-38-12-6-8-16-44(38)48)41-29-40(50-25-22-43(54-50)28-35(3)32-51)30-42(31-41)53(47-24-21-34(2)27-37(47)5)49-19-11-15-39-13-7-9-17-45(39)49/h6-31H,1-5H3/b35-28+. The molecular weight excluding hydrogens is 675 g/mol. The van der Waals surface area contributed by atoms with Gasteiger partial charge in [0.25, 0.3) is 0 Å². The van der Waals surface area contributed by atoms with E-state index in [0.717, 1.165) is 49.4 Å². The van der Waals surface area contributed by atoms with Crippen molar-refractivity contribution < 1.29 is 0 Å². The molecule has 0 fully saturated rings. The van der Waals surface area contributed by atoms with Crippen LogP contribution >= 0.6 is 11.3 Å². The molecule has 1 heterocycles. The van der Waals surface area contributed by atoms with Gasteiger partial charge in [-0.15, -0.1) is 11.3 Å². The Morgan fingerprint density at radius 1 is 0.537 bits per heavy atom. The van der Waals surface area contributed by atoms with Gasteiger partial charge < -0.3 is 9.80 Å². The molecule has 8 rings (SSSR count). The van der Waals surface area contributed by atoms with Crippen LogP contribution in [0.3, 0.4) is 0 Å². The van der Waals surface area contributed by atoms with Crippen LogP contribution in [0.5, 0.6) is 0 Å². The topological polar surface area (TPSA) is 30.3 Å². The zero-order chi connectivity index (χ0) is 37.3. The summed E-state index contributed by atoms with van der Waals surface area (Å²) in [5, 5.41) is 14.3. The third-order valence-corrected chi connectivity index (χ3v) is 11.1. The zero-order valence-electron chi connectivity index (χ0n) is 31.3. The van der Waals surface area contributed by atoms with Gasteiger partial charge in [-0.2, -0.15) is 5.26 Å². The van der Waals surface area contributed by atoms with Gasteiger partial charge in [0, 0.05) is 48.8 Å². The van der Waals surface area contributed by atoms with E-state index in [4.69, 9.17) is 0 Å². The highest BCUT2D eigenvalue weighted by Crippen LogP contribution is 2.47. The monoisotopic (exact) mass is 715 g/mol. The van der Waals surface area contributed by atoms with Gasteiger partial charge in [-0.3, -0.25) is 0 Å². The van der Waals surface area contributed by atoms with Gasteiger partial charge in [-0.25, -0.2) is 0 Å². The Morgan fingerprint density at radius 3 is 1.54 bits per heavy atom. The van der Waals surface area contributed by atoms with E-state index < -0.39 is 0 Å². The second-order valence-electron chi connectivity index (χ2n) is 14.1. The molecule has 0 aliphatic carbocycles. The van der Waals surface area contributed by atoms with Crippen LogP contribution in [0, 0.1) is 39.0 Å². The molecule has 0 bridgehead atoms. The van der Waals surface area contributed by atoms with E-state index in [9.17, 15) is 5.26 Å². The number of fused-ring (bicyclic) bond motifs is 2. The minimum Gasteiger partial charge on any atom is -0.310 e. The van der Waals surface area contributed by atoms with E-state index in [1.165, 1.54) is 43.8 Å². The van der Waals surface area contributed by atoms with Crippen LogP contribution in [-0.4, -0.2) is 0 Å². The molecule has 0 saturated carbocycles. The minimum atomic E-state index is 0.687. The SMILES string of the molecule is C/C(C#N)=C\c1ccc(-c2cc(N(c3ccc(C)cc3C)c3cccc4ccccc34)cc(N(c3ccc(C)cc3C)c3cccc4ccccc34)c2)s1. The first-order valence-corrected chi connectivity index (χ1v) is 19.1. The van der Waals surface area contributed by atoms with Gasteiger partial charge >= 0.3 is 0 Å². The molecule has 0 saturated heterocycles. The molecule has 0 unspecified atom stereocenters. The lowest BCUT2D eigenvalue weighted by Crippen LogP contribution is -2.15. The van der Waals surface area contributed by atoms with Crippen LogP contribution in [0.15, 0.2) is 157 Å². The maximum absolute atomic E-state index is 9.55. The van der Waals surface area contributed by atoms with Gasteiger partial charge in [0.1, 0.15) is 0 Å². The average Bonchev–Trinajstić information content (AvgIpc) is 3.65. The number of benzene rings is 7. The van der Waals surface area contributed by atoms with Crippen LogP contribution in [0.25, 0.3) is 38.1 Å². The highest BCUT2D eigenvalue weighted by Gasteiger charge is 2.23. The van der Waals surface area contributed by atoms with E-state index >= 15 is 0 Å². The lowest BCUT2D eigenvalue weighted by molar-refractivity contribution is 1.22. The molecule has 8 aromatic rings. The van der Waals surface area contributed by atoms with Gasteiger partial charge in [-0.1, -0.05) is 108 Å². The Hall–Kier alpha value is -6.41. The fraction of sp³-hybridized carbons (Fsp3) is 0.100. The molecular formula is C50H41N3S. The summed E-state index contributed by atoms with van der Waals surface area (Å²) in [6.45, 7) is 10.6. The average molecular weight is 716 g/mol. The van der Waals surface area contributed by atoms with Gasteiger partial charge in [0.2, 0.25) is 0 Å². The van der Waals surface area contributed by atoms with Crippen LogP contribution in [-0.2, 0) is 0 Å².